The summed E-state index contributed by atoms with van der Waals surface area (Å²) in [6, 6.07) is 8.13. The highest BCUT2D eigenvalue weighted by Gasteiger charge is 1.98. The third-order valence-electron chi connectivity index (χ3n) is 2.52. The molecule has 15 heavy (non-hydrogen) atoms. The topological polar surface area (TPSA) is 21.3 Å². The van der Waals surface area contributed by atoms with E-state index in [0.717, 1.165) is 24.8 Å². The Labute approximate surface area is 92.6 Å². The first-order valence-electron chi connectivity index (χ1n) is 5.73. The lowest BCUT2D eigenvalue weighted by Crippen LogP contribution is -2.09. The first-order chi connectivity index (χ1) is 7.26. The first kappa shape index (κ1) is 11.9. The SMILES string of the molecule is CCOc1ccc(NC[C@H](C)CC)cc1. The van der Waals surface area contributed by atoms with Gasteiger partial charge in [0.25, 0.3) is 0 Å². The summed E-state index contributed by atoms with van der Waals surface area (Å²) in [5, 5.41) is 3.41. The van der Waals surface area contributed by atoms with Crippen LogP contribution in [-0.4, -0.2) is 13.2 Å². The van der Waals surface area contributed by atoms with Gasteiger partial charge in [-0.3, -0.25) is 0 Å². The normalized spacial score (nSPS) is 12.2. The van der Waals surface area contributed by atoms with Crippen molar-refractivity contribution >= 4 is 5.69 Å². The average Bonchev–Trinajstić information content (AvgIpc) is 2.28. The fraction of sp³-hybridized carbons (Fsp3) is 0.538. The zero-order valence-electron chi connectivity index (χ0n) is 9.92. The van der Waals surface area contributed by atoms with E-state index in [1.807, 2.05) is 19.1 Å². The molecule has 0 spiro atoms. The molecule has 1 atom stereocenters. The number of benzene rings is 1. The number of hydrogen-bond donors (Lipinski definition) is 1. The molecule has 0 aliphatic carbocycles. The van der Waals surface area contributed by atoms with Gasteiger partial charge in [0.2, 0.25) is 0 Å². The van der Waals surface area contributed by atoms with E-state index in [1.54, 1.807) is 0 Å². The third-order valence-corrected chi connectivity index (χ3v) is 2.52. The molecule has 1 rings (SSSR count). The van der Waals surface area contributed by atoms with E-state index in [1.165, 1.54) is 12.1 Å². The Balaban J connectivity index is 2.42. The minimum absolute atomic E-state index is 0.719. The number of hydrogen-bond acceptors (Lipinski definition) is 2. The van der Waals surface area contributed by atoms with Crippen molar-refractivity contribution in [3.05, 3.63) is 24.3 Å². The molecule has 0 bridgehead atoms. The van der Waals surface area contributed by atoms with Gasteiger partial charge in [-0.05, 0) is 37.1 Å². The van der Waals surface area contributed by atoms with Crippen LogP contribution in [-0.2, 0) is 0 Å². The Kier molecular flexibility index (Phi) is 5.02. The van der Waals surface area contributed by atoms with Gasteiger partial charge in [-0.2, -0.15) is 0 Å². The van der Waals surface area contributed by atoms with E-state index in [-0.39, 0.29) is 0 Å². The van der Waals surface area contributed by atoms with E-state index in [4.69, 9.17) is 4.74 Å². The van der Waals surface area contributed by atoms with E-state index in [9.17, 15) is 0 Å². The molecule has 0 aromatic heterocycles. The van der Waals surface area contributed by atoms with Crippen LogP contribution >= 0.6 is 0 Å². The van der Waals surface area contributed by atoms with Crippen molar-refractivity contribution in [1.82, 2.24) is 0 Å². The fourth-order valence-electron chi connectivity index (χ4n) is 1.27. The maximum atomic E-state index is 5.38. The zero-order chi connectivity index (χ0) is 11.1. The zero-order valence-corrected chi connectivity index (χ0v) is 9.92. The summed E-state index contributed by atoms with van der Waals surface area (Å²) in [6.45, 7) is 8.21. The lowest BCUT2D eigenvalue weighted by atomic mass is 10.1. The number of anilines is 1. The van der Waals surface area contributed by atoms with Gasteiger partial charge in [0.15, 0.2) is 0 Å². The summed E-state index contributed by atoms with van der Waals surface area (Å²) in [6.07, 6.45) is 1.21. The van der Waals surface area contributed by atoms with Crippen molar-refractivity contribution in [3.8, 4) is 5.75 Å². The highest BCUT2D eigenvalue weighted by atomic mass is 16.5. The van der Waals surface area contributed by atoms with Crippen molar-refractivity contribution < 1.29 is 4.74 Å². The molecule has 2 heteroatoms. The van der Waals surface area contributed by atoms with Crippen molar-refractivity contribution in [2.24, 2.45) is 5.92 Å². The molecule has 0 fully saturated rings. The lowest BCUT2D eigenvalue weighted by molar-refractivity contribution is 0.340. The minimum Gasteiger partial charge on any atom is -0.494 e. The van der Waals surface area contributed by atoms with Crippen LogP contribution in [0.15, 0.2) is 24.3 Å². The molecule has 1 aromatic carbocycles. The molecule has 0 heterocycles. The monoisotopic (exact) mass is 207 g/mol. The molecule has 2 nitrogen and oxygen atoms in total. The lowest BCUT2D eigenvalue weighted by Gasteiger charge is -2.11. The highest BCUT2D eigenvalue weighted by Crippen LogP contribution is 2.16. The Bertz CT molecular complexity index is 268. The van der Waals surface area contributed by atoms with Gasteiger partial charge in [-0.15, -0.1) is 0 Å². The molecule has 84 valence electrons. The molecular weight excluding hydrogens is 186 g/mol. The Morgan fingerprint density at radius 3 is 2.40 bits per heavy atom. The predicted octanol–water partition coefficient (Wildman–Crippen LogP) is 3.54. The summed E-state index contributed by atoms with van der Waals surface area (Å²) in [5.74, 6) is 1.66. The summed E-state index contributed by atoms with van der Waals surface area (Å²) in [5.41, 5.74) is 1.17. The average molecular weight is 207 g/mol. The molecule has 1 aromatic rings. The van der Waals surface area contributed by atoms with Crippen LogP contribution in [0, 0.1) is 5.92 Å². The number of ether oxygens (including phenoxy) is 1. The largest absolute Gasteiger partial charge is 0.494 e. The van der Waals surface area contributed by atoms with E-state index >= 15 is 0 Å². The minimum atomic E-state index is 0.719. The quantitative estimate of drug-likeness (QED) is 0.770. The van der Waals surface area contributed by atoms with Crippen LogP contribution in [0.2, 0.25) is 0 Å². The van der Waals surface area contributed by atoms with Crippen LogP contribution < -0.4 is 10.1 Å². The van der Waals surface area contributed by atoms with Gasteiger partial charge in [-0.1, -0.05) is 20.3 Å². The summed E-state index contributed by atoms with van der Waals surface area (Å²) in [4.78, 5) is 0. The molecule has 0 unspecified atom stereocenters. The molecule has 0 saturated heterocycles. The number of rotatable bonds is 6. The maximum Gasteiger partial charge on any atom is 0.119 e. The summed E-state index contributed by atoms with van der Waals surface area (Å²) in [7, 11) is 0. The van der Waals surface area contributed by atoms with Crippen LogP contribution in [0.25, 0.3) is 0 Å². The molecular formula is C13H21NO. The smallest absolute Gasteiger partial charge is 0.119 e. The van der Waals surface area contributed by atoms with Crippen LogP contribution in [0.4, 0.5) is 5.69 Å². The van der Waals surface area contributed by atoms with Crippen molar-refractivity contribution in [2.45, 2.75) is 27.2 Å². The summed E-state index contributed by atoms with van der Waals surface area (Å²) < 4.78 is 5.38. The van der Waals surface area contributed by atoms with Crippen molar-refractivity contribution in [3.63, 3.8) is 0 Å². The summed E-state index contributed by atoms with van der Waals surface area (Å²) >= 11 is 0. The van der Waals surface area contributed by atoms with Gasteiger partial charge in [0.1, 0.15) is 5.75 Å². The Hall–Kier alpha value is -1.18. The van der Waals surface area contributed by atoms with Gasteiger partial charge in [0, 0.05) is 12.2 Å². The maximum absolute atomic E-state index is 5.38. The second-order valence-corrected chi connectivity index (χ2v) is 3.85. The van der Waals surface area contributed by atoms with Crippen LogP contribution in [0.3, 0.4) is 0 Å². The van der Waals surface area contributed by atoms with Crippen molar-refractivity contribution in [2.75, 3.05) is 18.5 Å². The van der Waals surface area contributed by atoms with Crippen LogP contribution in [0.5, 0.6) is 5.75 Å². The van der Waals surface area contributed by atoms with Gasteiger partial charge in [0.05, 0.1) is 6.61 Å². The second-order valence-electron chi connectivity index (χ2n) is 3.85. The molecule has 1 N–H and O–H groups in total. The molecule has 0 radical (unpaired) electrons. The molecule has 0 aliphatic heterocycles. The fourth-order valence-corrected chi connectivity index (χ4v) is 1.27. The van der Waals surface area contributed by atoms with Gasteiger partial charge < -0.3 is 10.1 Å². The van der Waals surface area contributed by atoms with Gasteiger partial charge >= 0.3 is 0 Å². The molecule has 0 aliphatic rings. The van der Waals surface area contributed by atoms with E-state index < -0.39 is 0 Å². The Morgan fingerprint density at radius 1 is 1.20 bits per heavy atom. The van der Waals surface area contributed by atoms with Crippen molar-refractivity contribution in [1.29, 1.82) is 0 Å². The third kappa shape index (κ3) is 4.24. The highest BCUT2D eigenvalue weighted by molar-refractivity contribution is 5.46. The molecule has 0 saturated carbocycles. The molecule has 0 amide bonds. The van der Waals surface area contributed by atoms with Gasteiger partial charge in [-0.25, -0.2) is 0 Å². The standard InChI is InChI=1S/C13H21NO/c1-4-11(3)10-14-12-6-8-13(9-7-12)15-5-2/h6-9,11,14H,4-5,10H2,1-3H3/t11-/m1/s1. The van der Waals surface area contributed by atoms with E-state index in [0.29, 0.717) is 0 Å². The first-order valence-corrected chi connectivity index (χ1v) is 5.73. The van der Waals surface area contributed by atoms with Crippen LogP contribution in [0.1, 0.15) is 27.2 Å². The predicted molar refractivity (Wildman–Crippen MR) is 65.6 cm³/mol. The number of nitrogens with one attached hydrogen (secondary N) is 1. The second kappa shape index (κ2) is 6.33. The Morgan fingerprint density at radius 2 is 1.87 bits per heavy atom. The van der Waals surface area contributed by atoms with E-state index in [2.05, 4.69) is 31.3 Å².